The van der Waals surface area contributed by atoms with Gasteiger partial charge < -0.3 is 29.2 Å². The van der Waals surface area contributed by atoms with Gasteiger partial charge in [0.1, 0.15) is 34.5 Å². The molecule has 7 aliphatic rings. The average Bonchev–Trinajstić information content (AvgIpc) is 3.72. The Kier molecular flexibility index (Phi) is 6.73. The van der Waals surface area contributed by atoms with Crippen molar-refractivity contribution in [1.29, 1.82) is 0 Å². The zero-order valence-corrected chi connectivity index (χ0v) is 28.4. The van der Waals surface area contributed by atoms with Crippen molar-refractivity contribution in [3.8, 4) is 17.2 Å². The Hall–Kier alpha value is -3.69. The second-order valence-corrected chi connectivity index (χ2v) is 15.5. The largest absolute Gasteiger partial charge is 0.506 e. The first kappa shape index (κ1) is 31.9. The summed E-state index contributed by atoms with van der Waals surface area (Å²) in [6, 6.07) is 0. The molecule has 9 heteroatoms. The topological polar surface area (TPSA) is 132 Å². The van der Waals surface area contributed by atoms with E-state index in [2.05, 4.69) is 19.9 Å². The number of carbonyl (C=O) groups excluding carboxylic acids is 2. The van der Waals surface area contributed by atoms with Gasteiger partial charge in [-0.05, 0) is 93.2 Å². The summed E-state index contributed by atoms with van der Waals surface area (Å²) in [5.41, 5.74) is -3.06. The number of ketones is 2. The third-order valence-corrected chi connectivity index (χ3v) is 11.4. The van der Waals surface area contributed by atoms with E-state index < -0.39 is 57.7 Å². The zero-order valence-electron chi connectivity index (χ0n) is 28.4. The van der Waals surface area contributed by atoms with Crippen LogP contribution in [0.4, 0.5) is 0 Å². The molecule has 3 aliphatic carbocycles. The van der Waals surface area contributed by atoms with Crippen LogP contribution in [0.5, 0.6) is 17.2 Å². The van der Waals surface area contributed by atoms with E-state index in [1.807, 2.05) is 52.8 Å². The van der Waals surface area contributed by atoms with E-state index in [1.165, 1.54) is 18.6 Å². The predicted octanol–water partition coefficient (Wildman–Crippen LogP) is 6.45. The smallest absolute Gasteiger partial charge is 0.330 e. The van der Waals surface area contributed by atoms with Gasteiger partial charge in [-0.1, -0.05) is 29.4 Å². The maximum atomic E-state index is 15.0. The summed E-state index contributed by atoms with van der Waals surface area (Å²) in [4.78, 5) is 41.4. The summed E-state index contributed by atoms with van der Waals surface area (Å²) in [5.74, 6) is -2.45. The van der Waals surface area contributed by atoms with Gasteiger partial charge in [-0.15, -0.1) is 0 Å². The Morgan fingerprint density at radius 2 is 1.70 bits per heavy atom. The highest BCUT2D eigenvalue weighted by Gasteiger charge is 2.97. The highest BCUT2D eigenvalue weighted by molar-refractivity contribution is 6.16. The number of ether oxygens (including phenoxy) is 4. The fourth-order valence-corrected chi connectivity index (χ4v) is 9.13. The normalized spacial score (nSPS) is 36.3. The summed E-state index contributed by atoms with van der Waals surface area (Å²) >= 11 is 0. The minimum Gasteiger partial charge on any atom is -0.506 e. The molecule has 1 aromatic rings. The molecule has 8 rings (SSSR count). The third kappa shape index (κ3) is 3.99. The van der Waals surface area contributed by atoms with Gasteiger partial charge >= 0.3 is 5.97 Å². The van der Waals surface area contributed by atoms with Crippen molar-refractivity contribution < 1.29 is 43.5 Å². The van der Waals surface area contributed by atoms with Crippen LogP contribution in [0.15, 0.2) is 41.0 Å². The number of carboxylic acids is 1. The zero-order chi connectivity index (χ0) is 34.1. The van der Waals surface area contributed by atoms with Gasteiger partial charge in [-0.25, -0.2) is 4.79 Å². The van der Waals surface area contributed by atoms with Gasteiger partial charge in [-0.2, -0.15) is 0 Å². The number of rotatable bonds is 8. The van der Waals surface area contributed by atoms with Gasteiger partial charge in [0, 0.05) is 23.5 Å². The van der Waals surface area contributed by atoms with Crippen molar-refractivity contribution in [2.45, 2.75) is 122 Å². The maximum absolute atomic E-state index is 15.0. The molecule has 0 radical (unpaired) electrons. The molecule has 4 heterocycles. The van der Waals surface area contributed by atoms with Crippen LogP contribution in [0.3, 0.4) is 0 Å². The lowest BCUT2D eigenvalue weighted by Crippen LogP contribution is -2.80. The van der Waals surface area contributed by atoms with Crippen molar-refractivity contribution in [2.24, 2.45) is 11.8 Å². The summed E-state index contributed by atoms with van der Waals surface area (Å²) in [6.07, 6.45) is 10.9. The van der Waals surface area contributed by atoms with Crippen LogP contribution in [0, 0.1) is 11.8 Å². The molecule has 0 aromatic heterocycles. The molecule has 0 amide bonds. The van der Waals surface area contributed by atoms with Crippen LogP contribution in [-0.4, -0.2) is 61.9 Å². The number of hydrogen-bond donors (Lipinski definition) is 2. The molecular formula is C38H44O9. The van der Waals surface area contributed by atoms with Crippen LogP contribution in [0.2, 0.25) is 0 Å². The van der Waals surface area contributed by atoms with Crippen LogP contribution in [-0.2, 0) is 25.5 Å². The first-order chi connectivity index (χ1) is 22.0. The predicted molar refractivity (Wildman–Crippen MR) is 174 cm³/mol. The Bertz CT molecular complexity index is 1770. The van der Waals surface area contributed by atoms with Crippen molar-refractivity contribution in [1.82, 2.24) is 0 Å². The number of aromatic hydroxyl groups is 1. The van der Waals surface area contributed by atoms with E-state index in [0.29, 0.717) is 36.1 Å². The molecule has 7 atom stereocenters. The van der Waals surface area contributed by atoms with E-state index in [4.69, 9.17) is 18.9 Å². The van der Waals surface area contributed by atoms with Crippen LogP contribution in [0.1, 0.15) is 103 Å². The minimum atomic E-state index is -1.68. The fraction of sp³-hybridized carbons (Fsp3) is 0.553. The van der Waals surface area contributed by atoms with Crippen LogP contribution < -0.4 is 9.47 Å². The van der Waals surface area contributed by atoms with E-state index in [1.54, 1.807) is 0 Å². The number of epoxide rings is 1. The first-order valence-electron chi connectivity index (χ1n) is 16.6. The lowest BCUT2D eigenvalue weighted by Gasteiger charge is -2.58. The number of phenolic OH excluding ortho intramolecular Hbond substituents is 1. The quantitative estimate of drug-likeness (QED) is 0.186. The molecule has 2 unspecified atom stereocenters. The van der Waals surface area contributed by atoms with Crippen molar-refractivity contribution in [3.05, 3.63) is 57.7 Å². The first-order valence-corrected chi connectivity index (χ1v) is 16.6. The van der Waals surface area contributed by atoms with Crippen LogP contribution in [0.25, 0.3) is 6.08 Å². The number of fused-ring (bicyclic) bond motifs is 2. The van der Waals surface area contributed by atoms with E-state index in [-0.39, 0.29) is 34.8 Å². The number of carbonyl (C=O) groups is 3. The summed E-state index contributed by atoms with van der Waals surface area (Å²) in [6.45, 7) is 15.3. The second kappa shape index (κ2) is 9.92. The lowest BCUT2D eigenvalue weighted by molar-refractivity contribution is -0.192. The molecule has 4 bridgehead atoms. The summed E-state index contributed by atoms with van der Waals surface area (Å²) in [5, 5.41) is 21.6. The Morgan fingerprint density at radius 3 is 2.36 bits per heavy atom. The molecule has 47 heavy (non-hydrogen) atoms. The van der Waals surface area contributed by atoms with Crippen molar-refractivity contribution in [3.63, 3.8) is 0 Å². The van der Waals surface area contributed by atoms with Gasteiger partial charge in [0.2, 0.25) is 11.4 Å². The summed E-state index contributed by atoms with van der Waals surface area (Å²) < 4.78 is 27.1. The Balaban J connectivity index is 1.46. The van der Waals surface area contributed by atoms with Gasteiger partial charge in [0.05, 0.1) is 17.1 Å². The monoisotopic (exact) mass is 644 g/mol. The SMILES string of the molecule is CC(C)=CCC[C@]1(C)C=Cc2c(O)c3c(c(CC=C(C)C)c2O1)O[C@]12[C@H]4C[C@H](C(=O)[C@]1(C/C=C(/C)C(=O)O)OC4(C)C)C1OC12C3=O. The van der Waals surface area contributed by atoms with E-state index in [9.17, 15) is 19.8 Å². The molecule has 4 aliphatic heterocycles. The number of phenols is 1. The molecular weight excluding hydrogens is 600 g/mol. The Morgan fingerprint density at radius 1 is 1.00 bits per heavy atom. The number of benzene rings is 1. The van der Waals surface area contributed by atoms with Crippen LogP contribution >= 0.6 is 0 Å². The molecule has 1 aromatic carbocycles. The van der Waals surface area contributed by atoms with Gasteiger partial charge in [-0.3, -0.25) is 9.59 Å². The summed E-state index contributed by atoms with van der Waals surface area (Å²) in [7, 11) is 0. The number of allylic oxidation sites excluding steroid dienone is 4. The minimum absolute atomic E-state index is 0.0278. The molecule has 2 spiro atoms. The van der Waals surface area contributed by atoms with E-state index in [0.717, 1.165) is 12.0 Å². The number of aliphatic carboxylic acids is 1. The molecule has 5 fully saturated rings. The average molecular weight is 645 g/mol. The number of hydrogen-bond acceptors (Lipinski definition) is 8. The maximum Gasteiger partial charge on any atom is 0.330 e. The highest BCUT2D eigenvalue weighted by Crippen LogP contribution is 2.77. The molecule has 3 saturated carbocycles. The molecule has 9 nitrogen and oxygen atoms in total. The second-order valence-electron chi connectivity index (χ2n) is 15.5. The van der Waals surface area contributed by atoms with Crippen molar-refractivity contribution in [2.75, 3.05) is 0 Å². The Labute approximate surface area is 275 Å². The molecule has 2 saturated heterocycles. The van der Waals surface area contributed by atoms with Crippen molar-refractivity contribution >= 4 is 23.6 Å². The van der Waals surface area contributed by atoms with Gasteiger partial charge in [0.15, 0.2) is 17.0 Å². The van der Waals surface area contributed by atoms with Gasteiger partial charge in [0.25, 0.3) is 0 Å². The third-order valence-electron chi connectivity index (χ3n) is 11.4. The van der Waals surface area contributed by atoms with E-state index >= 15 is 4.79 Å². The fourth-order valence-electron chi connectivity index (χ4n) is 9.13. The highest BCUT2D eigenvalue weighted by atomic mass is 16.7. The molecule has 250 valence electrons. The standard InChI is InChI=1S/C38H44O9/c1-19(2)10-9-15-35(8)16-14-22-27(39)26-29(23(28(22)44-35)12-11-20(3)4)45-38-25-18-24(32-37(38,46-32)31(26)41)30(40)36(38,47-34(25,6)7)17-13-21(5)33(42)43/h10-11,13-14,16,24-25,32,39H,9,12,15,17-18H2,1-8H3,(H,42,43)/b21-13-/t24-,25+,32?,35-,36+,37?,38-/m1/s1. The lowest BCUT2D eigenvalue weighted by atomic mass is 9.46. The molecule has 2 N–H and O–H groups in total. The number of carboxylic acid groups (broad SMARTS) is 1. The number of Topliss-reactive ketones (excluding diaryl/α,β-unsaturated/α-hetero) is 2.